The third kappa shape index (κ3) is 2.81. The van der Waals surface area contributed by atoms with Gasteiger partial charge in [0.05, 0.1) is 24.5 Å². The molecule has 3 rings (SSSR count). The van der Waals surface area contributed by atoms with E-state index in [0.29, 0.717) is 11.3 Å². The lowest BCUT2D eigenvalue weighted by molar-refractivity contribution is -0.148. The maximum atomic E-state index is 12.6. The van der Waals surface area contributed by atoms with Crippen molar-refractivity contribution in [2.75, 3.05) is 12.4 Å². The van der Waals surface area contributed by atoms with Gasteiger partial charge in [-0.2, -0.15) is 0 Å². The van der Waals surface area contributed by atoms with E-state index in [1.165, 1.54) is 13.2 Å². The number of ether oxygens (including phenoxy) is 1. The number of carboxylic acid groups (broad SMARTS) is 1. The number of amides is 1. The summed E-state index contributed by atoms with van der Waals surface area (Å²) in [5, 5.41) is 12.2. The minimum Gasteiger partial charge on any atom is -0.481 e. The molecule has 2 aliphatic carbocycles. The topological polar surface area (TPSA) is 92.7 Å². The Kier molecular flexibility index (Phi) is 4.07. The van der Waals surface area contributed by atoms with Crippen LogP contribution in [0.15, 0.2) is 24.3 Å². The quantitative estimate of drug-likeness (QED) is 0.830. The number of anilines is 1. The average molecular weight is 317 g/mol. The van der Waals surface area contributed by atoms with E-state index in [0.717, 1.165) is 19.3 Å². The normalized spacial score (nSPS) is 28.4. The summed E-state index contributed by atoms with van der Waals surface area (Å²) in [6.07, 6.45) is 2.62. The number of benzene rings is 1. The number of esters is 1. The molecule has 23 heavy (non-hydrogen) atoms. The van der Waals surface area contributed by atoms with Gasteiger partial charge in [0, 0.05) is 5.69 Å². The average Bonchev–Trinajstić information content (AvgIpc) is 3.15. The number of carbonyl (C=O) groups excluding carboxylic acids is 2. The van der Waals surface area contributed by atoms with Crippen molar-refractivity contribution in [3.8, 4) is 0 Å². The number of nitrogens with one attached hydrogen (secondary N) is 1. The Balaban J connectivity index is 1.77. The van der Waals surface area contributed by atoms with Crippen molar-refractivity contribution in [3.63, 3.8) is 0 Å². The van der Waals surface area contributed by atoms with Crippen LogP contribution in [-0.4, -0.2) is 30.1 Å². The Morgan fingerprint density at radius 1 is 1.17 bits per heavy atom. The number of aliphatic carboxylic acids is 1. The van der Waals surface area contributed by atoms with Gasteiger partial charge < -0.3 is 15.2 Å². The highest BCUT2D eigenvalue weighted by atomic mass is 16.5. The smallest absolute Gasteiger partial charge is 0.337 e. The maximum absolute atomic E-state index is 12.6. The molecule has 0 aromatic heterocycles. The molecule has 122 valence electrons. The highest BCUT2D eigenvalue weighted by Crippen LogP contribution is 2.52. The largest absolute Gasteiger partial charge is 0.481 e. The lowest BCUT2D eigenvalue weighted by Gasteiger charge is -2.27. The fraction of sp³-hybridized carbons (Fsp3) is 0.471. The van der Waals surface area contributed by atoms with Crippen molar-refractivity contribution in [1.82, 2.24) is 0 Å². The second kappa shape index (κ2) is 6.02. The van der Waals surface area contributed by atoms with E-state index in [4.69, 9.17) is 0 Å². The van der Waals surface area contributed by atoms with Crippen LogP contribution in [0.4, 0.5) is 5.69 Å². The molecule has 0 radical (unpaired) electrons. The maximum Gasteiger partial charge on any atom is 0.337 e. The van der Waals surface area contributed by atoms with Gasteiger partial charge in [0.1, 0.15) is 0 Å². The summed E-state index contributed by atoms with van der Waals surface area (Å²) in [6, 6.07) is 6.45. The Bertz CT molecular complexity index is 656. The first-order valence-corrected chi connectivity index (χ1v) is 7.73. The van der Waals surface area contributed by atoms with Gasteiger partial charge in [-0.25, -0.2) is 4.79 Å². The van der Waals surface area contributed by atoms with E-state index in [1.807, 2.05) is 0 Å². The molecular formula is C17H19NO5. The first-order chi connectivity index (χ1) is 11.0. The van der Waals surface area contributed by atoms with Crippen LogP contribution < -0.4 is 5.32 Å². The lowest BCUT2D eigenvalue weighted by atomic mass is 9.78. The van der Waals surface area contributed by atoms with Gasteiger partial charge in [-0.15, -0.1) is 0 Å². The van der Waals surface area contributed by atoms with Gasteiger partial charge in [-0.3, -0.25) is 9.59 Å². The van der Waals surface area contributed by atoms with Crippen LogP contribution >= 0.6 is 0 Å². The van der Waals surface area contributed by atoms with Crippen molar-refractivity contribution in [2.24, 2.45) is 23.7 Å². The van der Waals surface area contributed by atoms with Crippen molar-refractivity contribution < 1.29 is 24.2 Å². The van der Waals surface area contributed by atoms with Gasteiger partial charge in [0.25, 0.3) is 0 Å². The SMILES string of the molecule is COC(=O)c1cccc(NC(=O)[C@@H]2[C@H]3CC[C@@H](C3)[C@H]2C(=O)O)c1. The number of carboxylic acids is 1. The van der Waals surface area contributed by atoms with E-state index >= 15 is 0 Å². The molecule has 1 aromatic rings. The molecule has 2 aliphatic rings. The van der Waals surface area contributed by atoms with E-state index in [-0.39, 0.29) is 17.7 Å². The Morgan fingerprint density at radius 3 is 2.52 bits per heavy atom. The molecule has 0 heterocycles. The Hall–Kier alpha value is -2.37. The molecular weight excluding hydrogens is 298 g/mol. The molecule has 1 aromatic carbocycles. The third-order valence-corrected chi connectivity index (χ3v) is 5.06. The van der Waals surface area contributed by atoms with Crippen molar-refractivity contribution in [1.29, 1.82) is 0 Å². The van der Waals surface area contributed by atoms with Crippen LogP contribution in [0.3, 0.4) is 0 Å². The molecule has 2 fully saturated rings. The lowest BCUT2D eigenvalue weighted by Crippen LogP contribution is -2.37. The third-order valence-electron chi connectivity index (χ3n) is 5.06. The molecule has 0 aliphatic heterocycles. The standard InChI is InChI=1S/C17H19NO5/c1-23-17(22)11-3-2-4-12(8-11)18-15(19)13-9-5-6-10(7-9)14(13)16(20)21/h2-4,8-10,13-14H,5-7H2,1H3,(H,18,19)(H,20,21)/t9-,10-,13+,14+/m0/s1. The molecule has 2 saturated carbocycles. The van der Waals surface area contributed by atoms with Crippen LogP contribution in [0.2, 0.25) is 0 Å². The summed E-state index contributed by atoms with van der Waals surface area (Å²) in [7, 11) is 1.29. The summed E-state index contributed by atoms with van der Waals surface area (Å²) in [6.45, 7) is 0. The highest BCUT2D eigenvalue weighted by molar-refractivity contribution is 5.97. The van der Waals surface area contributed by atoms with Crippen LogP contribution in [-0.2, 0) is 14.3 Å². The highest BCUT2D eigenvalue weighted by Gasteiger charge is 2.53. The Morgan fingerprint density at radius 2 is 1.87 bits per heavy atom. The number of fused-ring (bicyclic) bond motifs is 2. The first-order valence-electron chi connectivity index (χ1n) is 7.73. The fourth-order valence-corrected chi connectivity index (χ4v) is 4.09. The zero-order chi connectivity index (χ0) is 16.6. The van der Waals surface area contributed by atoms with Gasteiger partial charge in [-0.1, -0.05) is 6.07 Å². The molecule has 0 unspecified atom stereocenters. The van der Waals surface area contributed by atoms with E-state index in [1.54, 1.807) is 18.2 Å². The van der Waals surface area contributed by atoms with E-state index < -0.39 is 23.8 Å². The molecule has 2 N–H and O–H groups in total. The van der Waals surface area contributed by atoms with Crippen molar-refractivity contribution >= 4 is 23.5 Å². The molecule has 4 atom stereocenters. The summed E-state index contributed by atoms with van der Waals surface area (Å²) in [5.41, 5.74) is 0.817. The van der Waals surface area contributed by atoms with Crippen LogP contribution in [0.25, 0.3) is 0 Å². The summed E-state index contributed by atoms with van der Waals surface area (Å²) in [5.74, 6) is -2.48. The van der Waals surface area contributed by atoms with Crippen LogP contribution in [0.1, 0.15) is 29.6 Å². The first kappa shape index (κ1) is 15.5. The molecule has 6 heteroatoms. The van der Waals surface area contributed by atoms with Gasteiger partial charge in [0.15, 0.2) is 0 Å². The predicted molar refractivity (Wildman–Crippen MR) is 81.9 cm³/mol. The molecule has 6 nitrogen and oxygen atoms in total. The zero-order valence-electron chi connectivity index (χ0n) is 12.8. The number of hydrogen-bond acceptors (Lipinski definition) is 4. The zero-order valence-corrected chi connectivity index (χ0v) is 12.8. The second-order valence-corrected chi connectivity index (χ2v) is 6.28. The number of carbonyl (C=O) groups is 3. The van der Waals surface area contributed by atoms with Crippen molar-refractivity contribution in [2.45, 2.75) is 19.3 Å². The second-order valence-electron chi connectivity index (χ2n) is 6.28. The summed E-state index contributed by atoms with van der Waals surface area (Å²) >= 11 is 0. The summed E-state index contributed by atoms with van der Waals surface area (Å²) in [4.78, 5) is 35.6. The molecule has 1 amide bonds. The predicted octanol–water partition coefficient (Wildman–Crippen LogP) is 2.16. The van der Waals surface area contributed by atoms with Crippen LogP contribution in [0, 0.1) is 23.7 Å². The van der Waals surface area contributed by atoms with Crippen molar-refractivity contribution in [3.05, 3.63) is 29.8 Å². The summed E-state index contributed by atoms with van der Waals surface area (Å²) < 4.78 is 4.66. The van der Waals surface area contributed by atoms with Gasteiger partial charge in [-0.05, 0) is 49.3 Å². The van der Waals surface area contributed by atoms with E-state index in [9.17, 15) is 19.5 Å². The molecule has 0 saturated heterocycles. The number of methoxy groups -OCH3 is 1. The number of hydrogen-bond donors (Lipinski definition) is 2. The van der Waals surface area contributed by atoms with E-state index in [2.05, 4.69) is 10.1 Å². The fourth-order valence-electron chi connectivity index (χ4n) is 4.09. The Labute approximate surface area is 133 Å². The van der Waals surface area contributed by atoms with Crippen LogP contribution in [0.5, 0.6) is 0 Å². The minimum absolute atomic E-state index is 0.106. The molecule has 2 bridgehead atoms. The minimum atomic E-state index is -0.888. The van der Waals surface area contributed by atoms with Gasteiger partial charge >= 0.3 is 11.9 Å². The van der Waals surface area contributed by atoms with Gasteiger partial charge in [0.2, 0.25) is 5.91 Å². The monoisotopic (exact) mass is 317 g/mol. The molecule has 0 spiro atoms. The number of rotatable bonds is 4.